The van der Waals surface area contributed by atoms with Gasteiger partial charge in [0.15, 0.2) is 0 Å². The van der Waals surface area contributed by atoms with E-state index in [1.165, 1.54) is 6.26 Å². The van der Waals surface area contributed by atoms with E-state index in [4.69, 9.17) is 4.74 Å². The molecule has 102 valence electrons. The molecule has 1 rings (SSSR count). The fraction of sp³-hybridized carbons (Fsp3) is 0.538. The first-order valence-electron chi connectivity index (χ1n) is 5.93. The summed E-state index contributed by atoms with van der Waals surface area (Å²) in [6.45, 7) is 3.93. The van der Waals surface area contributed by atoms with Crippen molar-refractivity contribution in [3.05, 3.63) is 29.8 Å². The van der Waals surface area contributed by atoms with Crippen LogP contribution in [0.15, 0.2) is 24.3 Å². The van der Waals surface area contributed by atoms with Gasteiger partial charge in [0.05, 0.1) is 11.9 Å². The van der Waals surface area contributed by atoms with Gasteiger partial charge in [-0.15, -0.1) is 0 Å². The standard InChI is InChI=1S/C13H21NO3S/c1-10(2)17-12-7-5-11(6-8-12)13(14-3)9-18(4,15)16/h5-8,10,13-14H,9H2,1-4H3. The Morgan fingerprint density at radius 1 is 1.22 bits per heavy atom. The molecule has 0 radical (unpaired) electrons. The zero-order valence-corrected chi connectivity index (χ0v) is 12.1. The minimum atomic E-state index is -3.01. The van der Waals surface area contributed by atoms with Crippen LogP contribution >= 0.6 is 0 Å². The molecule has 0 amide bonds. The molecule has 0 aliphatic carbocycles. The van der Waals surface area contributed by atoms with Crippen LogP contribution in [0, 0.1) is 0 Å². The third-order valence-electron chi connectivity index (χ3n) is 2.47. The molecule has 1 aromatic rings. The van der Waals surface area contributed by atoms with Crippen molar-refractivity contribution >= 4 is 9.84 Å². The van der Waals surface area contributed by atoms with Crippen molar-refractivity contribution in [2.45, 2.75) is 26.0 Å². The fourth-order valence-electron chi connectivity index (χ4n) is 1.70. The predicted octanol–water partition coefficient (Wildman–Crippen LogP) is 1.78. The highest BCUT2D eigenvalue weighted by Gasteiger charge is 2.15. The Hall–Kier alpha value is -1.07. The number of benzene rings is 1. The zero-order chi connectivity index (χ0) is 13.8. The first-order chi connectivity index (χ1) is 8.31. The summed E-state index contributed by atoms with van der Waals surface area (Å²) in [6.07, 6.45) is 1.38. The Morgan fingerprint density at radius 2 is 1.78 bits per heavy atom. The normalized spacial score (nSPS) is 13.6. The zero-order valence-electron chi connectivity index (χ0n) is 11.3. The van der Waals surface area contributed by atoms with Crippen LogP contribution in [0.4, 0.5) is 0 Å². The third kappa shape index (κ3) is 5.06. The molecule has 0 bridgehead atoms. The molecular weight excluding hydrogens is 250 g/mol. The highest BCUT2D eigenvalue weighted by Crippen LogP contribution is 2.19. The minimum absolute atomic E-state index is 0.0912. The number of hydrogen-bond acceptors (Lipinski definition) is 4. The Labute approximate surface area is 109 Å². The molecule has 0 aliphatic rings. The second-order valence-corrected chi connectivity index (χ2v) is 6.85. The van der Waals surface area contributed by atoms with Crippen LogP contribution < -0.4 is 10.1 Å². The highest BCUT2D eigenvalue weighted by molar-refractivity contribution is 7.90. The third-order valence-corrected chi connectivity index (χ3v) is 3.41. The summed E-state index contributed by atoms with van der Waals surface area (Å²) in [5, 5.41) is 3.02. The van der Waals surface area contributed by atoms with Gasteiger partial charge in [0.1, 0.15) is 15.6 Å². The molecule has 0 saturated carbocycles. The maximum Gasteiger partial charge on any atom is 0.149 e. The van der Waals surface area contributed by atoms with Crippen LogP contribution in [0.1, 0.15) is 25.5 Å². The van der Waals surface area contributed by atoms with Crippen molar-refractivity contribution in [2.24, 2.45) is 0 Å². The van der Waals surface area contributed by atoms with E-state index in [2.05, 4.69) is 5.32 Å². The molecule has 1 aromatic carbocycles. The van der Waals surface area contributed by atoms with Crippen molar-refractivity contribution in [3.63, 3.8) is 0 Å². The molecule has 1 atom stereocenters. The summed E-state index contributed by atoms with van der Waals surface area (Å²) in [6, 6.07) is 7.32. The van der Waals surface area contributed by atoms with E-state index in [1.54, 1.807) is 7.05 Å². The number of sulfone groups is 1. The Balaban J connectivity index is 2.82. The number of nitrogens with one attached hydrogen (secondary N) is 1. The van der Waals surface area contributed by atoms with Gasteiger partial charge < -0.3 is 10.1 Å². The lowest BCUT2D eigenvalue weighted by atomic mass is 10.1. The van der Waals surface area contributed by atoms with Crippen molar-refractivity contribution in [1.82, 2.24) is 5.32 Å². The highest BCUT2D eigenvalue weighted by atomic mass is 32.2. The van der Waals surface area contributed by atoms with Gasteiger partial charge in [-0.2, -0.15) is 0 Å². The molecule has 1 N–H and O–H groups in total. The minimum Gasteiger partial charge on any atom is -0.491 e. The van der Waals surface area contributed by atoms with Crippen molar-refractivity contribution in [2.75, 3.05) is 19.1 Å². The quantitative estimate of drug-likeness (QED) is 0.857. The van der Waals surface area contributed by atoms with Crippen molar-refractivity contribution in [1.29, 1.82) is 0 Å². The van der Waals surface area contributed by atoms with Crippen molar-refractivity contribution in [3.8, 4) is 5.75 Å². The van der Waals surface area contributed by atoms with Gasteiger partial charge in [-0.25, -0.2) is 8.42 Å². The van der Waals surface area contributed by atoms with Gasteiger partial charge in [-0.05, 0) is 38.6 Å². The second-order valence-electron chi connectivity index (χ2n) is 4.67. The first-order valence-corrected chi connectivity index (χ1v) is 7.99. The molecule has 18 heavy (non-hydrogen) atoms. The topological polar surface area (TPSA) is 55.4 Å². The van der Waals surface area contributed by atoms with Crippen molar-refractivity contribution < 1.29 is 13.2 Å². The summed E-state index contributed by atoms with van der Waals surface area (Å²) in [5.74, 6) is 0.886. The van der Waals surface area contributed by atoms with E-state index in [0.29, 0.717) is 0 Å². The van der Waals surface area contributed by atoms with E-state index in [9.17, 15) is 8.42 Å². The Morgan fingerprint density at radius 3 is 2.17 bits per heavy atom. The smallest absolute Gasteiger partial charge is 0.149 e. The summed E-state index contributed by atoms with van der Waals surface area (Å²) in [4.78, 5) is 0. The number of ether oxygens (including phenoxy) is 1. The first kappa shape index (κ1) is 15.0. The molecular formula is C13H21NO3S. The second kappa shape index (κ2) is 6.20. The van der Waals surface area contributed by atoms with Gasteiger partial charge in [0.25, 0.3) is 0 Å². The predicted molar refractivity (Wildman–Crippen MR) is 73.7 cm³/mol. The maximum atomic E-state index is 11.3. The average molecular weight is 271 g/mol. The van der Waals surface area contributed by atoms with E-state index >= 15 is 0 Å². The molecule has 0 heterocycles. The van der Waals surface area contributed by atoms with E-state index < -0.39 is 9.84 Å². The summed E-state index contributed by atoms with van der Waals surface area (Å²) in [5.41, 5.74) is 0.944. The number of hydrogen-bond donors (Lipinski definition) is 1. The SMILES string of the molecule is CNC(CS(C)(=O)=O)c1ccc(OC(C)C)cc1. The van der Waals surface area contributed by atoms with E-state index in [0.717, 1.165) is 11.3 Å². The van der Waals surface area contributed by atoms with Gasteiger partial charge in [-0.3, -0.25) is 0 Å². The molecule has 0 fully saturated rings. The monoisotopic (exact) mass is 271 g/mol. The Kier molecular flexibility index (Phi) is 5.16. The fourth-order valence-corrected chi connectivity index (χ4v) is 2.66. The summed E-state index contributed by atoms with van der Waals surface area (Å²) < 4.78 is 28.2. The van der Waals surface area contributed by atoms with Crippen LogP contribution in [0.2, 0.25) is 0 Å². The molecule has 0 spiro atoms. The van der Waals surface area contributed by atoms with Crippen LogP contribution in [0.25, 0.3) is 0 Å². The number of rotatable bonds is 6. The van der Waals surface area contributed by atoms with Gasteiger partial charge in [0.2, 0.25) is 0 Å². The van der Waals surface area contributed by atoms with Gasteiger partial charge in [0, 0.05) is 12.3 Å². The lowest BCUT2D eigenvalue weighted by Gasteiger charge is -2.16. The maximum absolute atomic E-state index is 11.3. The van der Waals surface area contributed by atoms with Crippen LogP contribution in [-0.4, -0.2) is 33.6 Å². The molecule has 0 aliphatic heterocycles. The van der Waals surface area contributed by atoms with Crippen LogP contribution in [0.3, 0.4) is 0 Å². The van der Waals surface area contributed by atoms with E-state index in [-0.39, 0.29) is 17.9 Å². The lowest BCUT2D eigenvalue weighted by Crippen LogP contribution is -2.24. The molecule has 1 unspecified atom stereocenters. The average Bonchev–Trinajstić information content (AvgIpc) is 2.25. The summed E-state index contributed by atoms with van der Waals surface area (Å²) >= 11 is 0. The van der Waals surface area contributed by atoms with Crippen LogP contribution in [0.5, 0.6) is 5.75 Å². The lowest BCUT2D eigenvalue weighted by molar-refractivity contribution is 0.242. The Bertz CT molecular complexity index is 466. The van der Waals surface area contributed by atoms with Crippen LogP contribution in [-0.2, 0) is 9.84 Å². The molecule has 0 aromatic heterocycles. The molecule has 0 saturated heterocycles. The summed E-state index contributed by atoms with van der Waals surface area (Å²) in [7, 11) is -1.25. The molecule has 4 nitrogen and oxygen atoms in total. The molecule has 5 heteroatoms. The van der Waals surface area contributed by atoms with Gasteiger partial charge in [-0.1, -0.05) is 12.1 Å². The largest absolute Gasteiger partial charge is 0.491 e. The van der Waals surface area contributed by atoms with E-state index in [1.807, 2.05) is 38.1 Å². The van der Waals surface area contributed by atoms with Gasteiger partial charge >= 0.3 is 0 Å².